The smallest absolute Gasteiger partial charge is 0.229 e. The SMILES string of the molecule is CCC1CN(C(=O)C(C)(C)CN)CCO1. The predicted molar refractivity (Wildman–Crippen MR) is 59.4 cm³/mol. The summed E-state index contributed by atoms with van der Waals surface area (Å²) in [5.74, 6) is 0.145. The van der Waals surface area contributed by atoms with Crippen LogP contribution in [0.2, 0.25) is 0 Å². The van der Waals surface area contributed by atoms with Crippen LogP contribution in [0, 0.1) is 5.41 Å². The average Bonchev–Trinajstić information content (AvgIpc) is 2.28. The monoisotopic (exact) mass is 214 g/mol. The topological polar surface area (TPSA) is 55.6 Å². The zero-order chi connectivity index (χ0) is 11.5. The summed E-state index contributed by atoms with van der Waals surface area (Å²) >= 11 is 0. The first-order valence-corrected chi connectivity index (χ1v) is 5.62. The van der Waals surface area contributed by atoms with E-state index in [0.717, 1.165) is 6.42 Å². The highest BCUT2D eigenvalue weighted by Crippen LogP contribution is 2.19. The van der Waals surface area contributed by atoms with Crippen LogP contribution in [0.1, 0.15) is 27.2 Å². The van der Waals surface area contributed by atoms with Gasteiger partial charge in [0.2, 0.25) is 5.91 Å². The van der Waals surface area contributed by atoms with E-state index in [2.05, 4.69) is 6.92 Å². The number of hydrogen-bond acceptors (Lipinski definition) is 3. The van der Waals surface area contributed by atoms with Gasteiger partial charge in [0.25, 0.3) is 0 Å². The number of carbonyl (C=O) groups is 1. The molecular weight excluding hydrogens is 192 g/mol. The minimum Gasteiger partial charge on any atom is -0.375 e. The molecule has 0 spiro atoms. The largest absolute Gasteiger partial charge is 0.375 e. The van der Waals surface area contributed by atoms with Gasteiger partial charge in [-0.15, -0.1) is 0 Å². The Kier molecular flexibility index (Phi) is 4.11. The third kappa shape index (κ3) is 2.92. The number of amides is 1. The van der Waals surface area contributed by atoms with Gasteiger partial charge >= 0.3 is 0 Å². The summed E-state index contributed by atoms with van der Waals surface area (Å²) in [5.41, 5.74) is 5.15. The van der Waals surface area contributed by atoms with Crippen molar-refractivity contribution in [3.63, 3.8) is 0 Å². The summed E-state index contributed by atoms with van der Waals surface area (Å²) in [7, 11) is 0. The van der Waals surface area contributed by atoms with E-state index in [4.69, 9.17) is 10.5 Å². The Balaban J connectivity index is 2.60. The van der Waals surface area contributed by atoms with E-state index < -0.39 is 5.41 Å². The van der Waals surface area contributed by atoms with Crippen LogP contribution in [-0.4, -0.2) is 43.2 Å². The summed E-state index contributed by atoms with van der Waals surface area (Å²) in [6.07, 6.45) is 1.14. The third-order valence-corrected chi connectivity index (χ3v) is 2.97. The normalized spacial score (nSPS) is 22.9. The Morgan fingerprint density at radius 3 is 2.80 bits per heavy atom. The number of rotatable bonds is 3. The first-order valence-electron chi connectivity index (χ1n) is 5.62. The molecule has 1 aliphatic rings. The number of nitrogens with zero attached hydrogens (tertiary/aromatic N) is 1. The molecule has 0 aromatic rings. The van der Waals surface area contributed by atoms with Gasteiger partial charge < -0.3 is 15.4 Å². The van der Waals surface area contributed by atoms with Crippen molar-refractivity contribution in [3.05, 3.63) is 0 Å². The standard InChI is InChI=1S/C11H22N2O2/c1-4-9-7-13(5-6-15-9)10(14)11(2,3)8-12/h9H,4-8,12H2,1-3H3. The van der Waals surface area contributed by atoms with Crippen LogP contribution < -0.4 is 5.73 Å². The summed E-state index contributed by atoms with van der Waals surface area (Å²) in [4.78, 5) is 14.0. The van der Waals surface area contributed by atoms with E-state index in [1.807, 2.05) is 18.7 Å². The predicted octanol–water partition coefficient (Wildman–Crippen LogP) is 0.609. The van der Waals surface area contributed by atoms with Crippen molar-refractivity contribution in [1.29, 1.82) is 0 Å². The van der Waals surface area contributed by atoms with Crippen LogP contribution in [0.25, 0.3) is 0 Å². The quantitative estimate of drug-likeness (QED) is 0.749. The molecule has 15 heavy (non-hydrogen) atoms. The molecule has 1 amide bonds. The second-order valence-electron chi connectivity index (χ2n) is 4.74. The van der Waals surface area contributed by atoms with Crippen molar-refractivity contribution in [3.8, 4) is 0 Å². The first kappa shape index (κ1) is 12.5. The molecule has 0 radical (unpaired) electrons. The van der Waals surface area contributed by atoms with Gasteiger partial charge in [0, 0.05) is 19.6 Å². The molecule has 1 atom stereocenters. The molecule has 0 aromatic carbocycles. The van der Waals surface area contributed by atoms with Crippen LogP contribution >= 0.6 is 0 Å². The summed E-state index contributed by atoms with van der Waals surface area (Å²) in [6, 6.07) is 0. The lowest BCUT2D eigenvalue weighted by Gasteiger charge is -2.37. The summed E-state index contributed by atoms with van der Waals surface area (Å²) in [6.45, 7) is 8.30. The Morgan fingerprint density at radius 1 is 1.60 bits per heavy atom. The molecular formula is C11H22N2O2. The summed E-state index contributed by atoms with van der Waals surface area (Å²) in [5, 5.41) is 0. The maximum atomic E-state index is 12.1. The van der Waals surface area contributed by atoms with Crippen LogP contribution in [0.15, 0.2) is 0 Å². The van der Waals surface area contributed by atoms with Gasteiger partial charge in [0.05, 0.1) is 18.1 Å². The minimum absolute atomic E-state index is 0.145. The van der Waals surface area contributed by atoms with E-state index in [1.165, 1.54) is 0 Å². The molecule has 1 unspecified atom stereocenters. The van der Waals surface area contributed by atoms with Gasteiger partial charge in [0.1, 0.15) is 0 Å². The van der Waals surface area contributed by atoms with Crippen molar-refractivity contribution in [2.24, 2.45) is 11.1 Å². The van der Waals surface area contributed by atoms with Crippen LogP contribution in [0.4, 0.5) is 0 Å². The highest BCUT2D eigenvalue weighted by atomic mass is 16.5. The van der Waals surface area contributed by atoms with E-state index in [1.54, 1.807) is 0 Å². The zero-order valence-corrected chi connectivity index (χ0v) is 9.95. The van der Waals surface area contributed by atoms with E-state index in [9.17, 15) is 4.79 Å². The minimum atomic E-state index is -0.449. The van der Waals surface area contributed by atoms with Crippen molar-refractivity contribution in [2.75, 3.05) is 26.2 Å². The Morgan fingerprint density at radius 2 is 2.27 bits per heavy atom. The molecule has 4 heteroatoms. The van der Waals surface area contributed by atoms with Crippen molar-refractivity contribution >= 4 is 5.91 Å². The molecule has 1 saturated heterocycles. The van der Waals surface area contributed by atoms with Gasteiger partial charge in [-0.05, 0) is 20.3 Å². The first-order chi connectivity index (χ1) is 7.01. The molecule has 0 aliphatic carbocycles. The van der Waals surface area contributed by atoms with Gasteiger partial charge in [-0.2, -0.15) is 0 Å². The number of hydrogen-bond donors (Lipinski definition) is 1. The maximum absolute atomic E-state index is 12.1. The molecule has 88 valence electrons. The van der Waals surface area contributed by atoms with Crippen LogP contribution in [0.3, 0.4) is 0 Å². The van der Waals surface area contributed by atoms with Crippen molar-refractivity contribution in [1.82, 2.24) is 4.90 Å². The lowest BCUT2D eigenvalue weighted by atomic mass is 9.91. The Bertz CT molecular complexity index is 229. The molecule has 1 aliphatic heterocycles. The number of nitrogens with two attached hydrogens (primary N) is 1. The van der Waals surface area contributed by atoms with Crippen LogP contribution in [0.5, 0.6) is 0 Å². The zero-order valence-electron chi connectivity index (χ0n) is 9.95. The average molecular weight is 214 g/mol. The van der Waals surface area contributed by atoms with Gasteiger partial charge in [-0.3, -0.25) is 4.79 Å². The summed E-state index contributed by atoms with van der Waals surface area (Å²) < 4.78 is 5.53. The van der Waals surface area contributed by atoms with E-state index in [0.29, 0.717) is 26.2 Å². The second-order valence-corrected chi connectivity index (χ2v) is 4.74. The van der Waals surface area contributed by atoms with Crippen molar-refractivity contribution < 1.29 is 9.53 Å². The Labute approximate surface area is 91.8 Å². The van der Waals surface area contributed by atoms with Crippen molar-refractivity contribution in [2.45, 2.75) is 33.3 Å². The second kappa shape index (κ2) is 4.94. The molecule has 0 bridgehead atoms. The highest BCUT2D eigenvalue weighted by molar-refractivity contribution is 5.82. The van der Waals surface area contributed by atoms with Crippen LogP contribution in [-0.2, 0) is 9.53 Å². The van der Waals surface area contributed by atoms with E-state index >= 15 is 0 Å². The fraction of sp³-hybridized carbons (Fsp3) is 0.909. The van der Waals surface area contributed by atoms with Gasteiger partial charge in [0.15, 0.2) is 0 Å². The van der Waals surface area contributed by atoms with Gasteiger partial charge in [-0.25, -0.2) is 0 Å². The molecule has 1 heterocycles. The maximum Gasteiger partial charge on any atom is 0.229 e. The molecule has 2 N–H and O–H groups in total. The Hall–Kier alpha value is -0.610. The molecule has 0 saturated carbocycles. The lowest BCUT2D eigenvalue weighted by molar-refractivity contribution is -0.147. The van der Waals surface area contributed by atoms with Gasteiger partial charge in [-0.1, -0.05) is 6.92 Å². The molecule has 4 nitrogen and oxygen atoms in total. The molecule has 1 rings (SSSR count). The number of ether oxygens (including phenoxy) is 1. The number of carbonyl (C=O) groups excluding carboxylic acids is 1. The molecule has 1 fully saturated rings. The molecule has 0 aromatic heterocycles. The third-order valence-electron chi connectivity index (χ3n) is 2.97. The van der Waals surface area contributed by atoms with E-state index in [-0.39, 0.29) is 12.0 Å². The highest BCUT2D eigenvalue weighted by Gasteiger charge is 2.33. The fourth-order valence-corrected chi connectivity index (χ4v) is 1.67. The fourth-order valence-electron chi connectivity index (χ4n) is 1.67. The number of morpholine rings is 1. The lowest BCUT2D eigenvalue weighted by Crippen LogP contribution is -2.51.